The molecule has 3 N–H and O–H groups in total. The fourth-order valence-corrected chi connectivity index (χ4v) is 2.73. The third-order valence-corrected chi connectivity index (χ3v) is 3.89. The zero-order valence-corrected chi connectivity index (χ0v) is 15.2. The first-order chi connectivity index (χ1) is 12.5. The van der Waals surface area contributed by atoms with E-state index in [1.54, 1.807) is 11.8 Å². The molecule has 2 aromatic carbocycles. The van der Waals surface area contributed by atoms with Crippen LogP contribution in [0.5, 0.6) is 5.75 Å². The maximum absolute atomic E-state index is 5.99. The number of hydrogen-bond donors (Lipinski definition) is 2. The van der Waals surface area contributed by atoms with E-state index in [4.69, 9.17) is 10.5 Å². The molecule has 1 aromatic heterocycles. The molecule has 0 aliphatic heterocycles. The molecule has 0 bridgehead atoms. The second-order valence-electron chi connectivity index (χ2n) is 6.15. The summed E-state index contributed by atoms with van der Waals surface area (Å²) in [4.78, 5) is 4.37. The number of nitrogens with one attached hydrogen (secondary N) is 1. The molecule has 1 heterocycles. The van der Waals surface area contributed by atoms with Crippen molar-refractivity contribution in [2.45, 2.75) is 20.4 Å². The lowest BCUT2D eigenvalue weighted by Gasteiger charge is -2.07. The quantitative estimate of drug-likeness (QED) is 0.546. The summed E-state index contributed by atoms with van der Waals surface area (Å²) < 4.78 is 6.97. The lowest BCUT2D eigenvalue weighted by Crippen LogP contribution is -2.22. The standard InChI is InChI=1S/C20H23N5O/c1-14-10-15(2)12-17(11-14)23-20(21)22-13-16-8-9-25(24-16)18-4-6-19(26-3)7-5-18/h4-12H,13H2,1-3H3,(H3,21,22,23). The minimum atomic E-state index is 0.369. The van der Waals surface area contributed by atoms with Gasteiger partial charge in [0.25, 0.3) is 0 Å². The number of methoxy groups -OCH3 is 1. The molecule has 0 saturated carbocycles. The summed E-state index contributed by atoms with van der Waals surface area (Å²) in [6, 6.07) is 15.8. The zero-order valence-electron chi connectivity index (χ0n) is 15.2. The number of aromatic nitrogens is 2. The van der Waals surface area contributed by atoms with Crippen LogP contribution in [0.4, 0.5) is 5.69 Å². The van der Waals surface area contributed by atoms with Crippen molar-refractivity contribution >= 4 is 11.6 Å². The van der Waals surface area contributed by atoms with Gasteiger partial charge >= 0.3 is 0 Å². The summed E-state index contributed by atoms with van der Waals surface area (Å²) in [5, 5.41) is 7.65. The van der Waals surface area contributed by atoms with Crippen molar-refractivity contribution in [2.75, 3.05) is 12.4 Å². The molecule has 26 heavy (non-hydrogen) atoms. The minimum absolute atomic E-state index is 0.369. The highest BCUT2D eigenvalue weighted by molar-refractivity contribution is 5.92. The molecular weight excluding hydrogens is 326 g/mol. The fourth-order valence-electron chi connectivity index (χ4n) is 2.73. The van der Waals surface area contributed by atoms with E-state index in [-0.39, 0.29) is 0 Å². The highest BCUT2D eigenvalue weighted by atomic mass is 16.5. The molecule has 0 aliphatic carbocycles. The van der Waals surface area contributed by atoms with Gasteiger partial charge in [0.2, 0.25) is 0 Å². The largest absolute Gasteiger partial charge is 0.497 e. The van der Waals surface area contributed by atoms with E-state index in [2.05, 4.69) is 35.3 Å². The lowest BCUT2D eigenvalue weighted by molar-refractivity contribution is 0.414. The molecule has 6 nitrogen and oxygen atoms in total. The second-order valence-corrected chi connectivity index (χ2v) is 6.15. The summed E-state index contributed by atoms with van der Waals surface area (Å²) in [6.07, 6.45) is 1.90. The van der Waals surface area contributed by atoms with E-state index in [0.717, 1.165) is 22.8 Å². The molecular formula is C20H23N5O. The first-order valence-electron chi connectivity index (χ1n) is 8.38. The molecule has 0 amide bonds. The Morgan fingerprint density at radius 2 is 1.81 bits per heavy atom. The molecule has 134 valence electrons. The average molecular weight is 349 g/mol. The highest BCUT2D eigenvalue weighted by Gasteiger charge is 2.03. The van der Waals surface area contributed by atoms with Crippen LogP contribution in [0.15, 0.2) is 59.7 Å². The Bertz CT molecular complexity index is 892. The first kappa shape index (κ1) is 17.5. The van der Waals surface area contributed by atoms with Crippen LogP contribution in [0.2, 0.25) is 0 Å². The normalized spacial score (nSPS) is 11.4. The van der Waals surface area contributed by atoms with Crippen LogP contribution in [0.3, 0.4) is 0 Å². The maximum Gasteiger partial charge on any atom is 0.193 e. The third-order valence-electron chi connectivity index (χ3n) is 3.89. The van der Waals surface area contributed by atoms with E-state index in [9.17, 15) is 0 Å². The summed E-state index contributed by atoms with van der Waals surface area (Å²) in [5.41, 5.74) is 11.1. The summed E-state index contributed by atoms with van der Waals surface area (Å²) in [6.45, 7) is 4.52. The molecule has 0 unspecified atom stereocenters. The number of anilines is 1. The minimum Gasteiger partial charge on any atom is -0.497 e. The predicted molar refractivity (Wildman–Crippen MR) is 105 cm³/mol. The Morgan fingerprint density at radius 1 is 1.12 bits per heavy atom. The van der Waals surface area contributed by atoms with Crippen molar-refractivity contribution < 1.29 is 4.74 Å². The molecule has 3 aromatic rings. The Labute approximate surface area is 153 Å². The molecule has 0 fully saturated rings. The van der Waals surface area contributed by atoms with Gasteiger partial charge in [-0.05, 0) is 67.4 Å². The first-order valence-corrected chi connectivity index (χ1v) is 8.38. The Kier molecular flexibility index (Phi) is 5.22. The number of benzene rings is 2. The van der Waals surface area contributed by atoms with Gasteiger partial charge in [-0.15, -0.1) is 0 Å². The van der Waals surface area contributed by atoms with Crippen molar-refractivity contribution in [2.24, 2.45) is 10.7 Å². The number of aliphatic imine (C=N–C) groups is 1. The van der Waals surface area contributed by atoms with Gasteiger partial charge < -0.3 is 15.8 Å². The lowest BCUT2D eigenvalue weighted by atomic mass is 10.1. The van der Waals surface area contributed by atoms with Crippen LogP contribution in [-0.4, -0.2) is 22.8 Å². The molecule has 0 saturated heterocycles. The predicted octanol–water partition coefficient (Wildman–Crippen LogP) is 3.42. The fraction of sp³-hybridized carbons (Fsp3) is 0.200. The van der Waals surface area contributed by atoms with Crippen LogP contribution in [0.1, 0.15) is 16.8 Å². The SMILES string of the molecule is COc1ccc(-n2ccc(CN=C(N)Nc3cc(C)cc(C)c3)n2)cc1. The van der Waals surface area contributed by atoms with Crippen molar-refractivity contribution in [3.8, 4) is 11.4 Å². The second kappa shape index (κ2) is 7.74. The molecule has 3 rings (SSSR count). The number of rotatable bonds is 5. The van der Waals surface area contributed by atoms with E-state index in [0.29, 0.717) is 12.5 Å². The molecule has 0 atom stereocenters. The van der Waals surface area contributed by atoms with Gasteiger partial charge in [0, 0.05) is 11.9 Å². The van der Waals surface area contributed by atoms with Crippen LogP contribution >= 0.6 is 0 Å². The topological polar surface area (TPSA) is 77.5 Å². The monoisotopic (exact) mass is 349 g/mol. The highest BCUT2D eigenvalue weighted by Crippen LogP contribution is 2.15. The van der Waals surface area contributed by atoms with Gasteiger partial charge in [-0.25, -0.2) is 9.67 Å². The Hall–Kier alpha value is -3.28. The molecule has 6 heteroatoms. The zero-order chi connectivity index (χ0) is 18.5. The van der Waals surface area contributed by atoms with Gasteiger partial charge in [-0.3, -0.25) is 0 Å². The summed E-state index contributed by atoms with van der Waals surface area (Å²) in [7, 11) is 1.65. The number of guanidine groups is 1. The van der Waals surface area contributed by atoms with E-state index in [1.807, 2.05) is 48.7 Å². The van der Waals surface area contributed by atoms with Crippen LogP contribution in [0.25, 0.3) is 5.69 Å². The van der Waals surface area contributed by atoms with Gasteiger partial charge in [0.1, 0.15) is 5.75 Å². The van der Waals surface area contributed by atoms with Crippen molar-refractivity contribution in [3.63, 3.8) is 0 Å². The Morgan fingerprint density at radius 3 is 2.46 bits per heavy atom. The summed E-state index contributed by atoms with van der Waals surface area (Å²) in [5.74, 6) is 1.19. The smallest absolute Gasteiger partial charge is 0.193 e. The van der Waals surface area contributed by atoms with Gasteiger partial charge in [0.05, 0.1) is 25.0 Å². The number of aryl methyl sites for hydroxylation is 2. The van der Waals surface area contributed by atoms with E-state index in [1.165, 1.54) is 11.1 Å². The molecule has 0 radical (unpaired) electrons. The average Bonchev–Trinajstić information content (AvgIpc) is 3.08. The number of ether oxygens (including phenoxy) is 1. The van der Waals surface area contributed by atoms with Crippen LogP contribution in [-0.2, 0) is 6.54 Å². The molecule has 0 spiro atoms. The van der Waals surface area contributed by atoms with Crippen LogP contribution < -0.4 is 15.8 Å². The Balaban J connectivity index is 1.65. The maximum atomic E-state index is 5.99. The van der Waals surface area contributed by atoms with Crippen molar-refractivity contribution in [3.05, 3.63) is 71.5 Å². The number of nitrogens with two attached hydrogens (primary N) is 1. The van der Waals surface area contributed by atoms with Crippen molar-refractivity contribution in [1.29, 1.82) is 0 Å². The van der Waals surface area contributed by atoms with Crippen molar-refractivity contribution in [1.82, 2.24) is 9.78 Å². The van der Waals surface area contributed by atoms with Gasteiger partial charge in [-0.1, -0.05) is 6.07 Å². The third kappa shape index (κ3) is 4.42. The summed E-state index contributed by atoms with van der Waals surface area (Å²) >= 11 is 0. The molecule has 0 aliphatic rings. The van der Waals surface area contributed by atoms with Crippen LogP contribution in [0, 0.1) is 13.8 Å². The number of nitrogens with zero attached hydrogens (tertiary/aromatic N) is 3. The van der Waals surface area contributed by atoms with E-state index < -0.39 is 0 Å². The van der Waals surface area contributed by atoms with Gasteiger partial charge in [0.15, 0.2) is 5.96 Å². The van der Waals surface area contributed by atoms with E-state index >= 15 is 0 Å². The number of hydrogen-bond acceptors (Lipinski definition) is 3. The van der Waals surface area contributed by atoms with Gasteiger partial charge in [-0.2, -0.15) is 5.10 Å².